The molecule has 0 aliphatic carbocycles. The fourth-order valence-corrected chi connectivity index (χ4v) is 1.87. The minimum absolute atomic E-state index is 0.446. The highest BCUT2D eigenvalue weighted by Gasteiger charge is 2.27. The zero-order valence-electron chi connectivity index (χ0n) is 9.09. The molecule has 0 heterocycles. The van der Waals surface area contributed by atoms with Crippen molar-refractivity contribution < 1.29 is 15.0 Å². The van der Waals surface area contributed by atoms with E-state index in [1.807, 2.05) is 0 Å². The number of carbonyl (C=O) groups is 1. The number of hydrogen-bond donors (Lipinski definition) is 2. The van der Waals surface area contributed by atoms with Crippen LogP contribution in [0.4, 0.5) is 4.79 Å². The second kappa shape index (κ2) is 5.18. The lowest BCUT2D eigenvalue weighted by molar-refractivity contribution is 0.0699. The molecule has 4 nitrogen and oxygen atoms in total. The molecule has 0 aliphatic rings. The van der Waals surface area contributed by atoms with Gasteiger partial charge in [-0.05, 0) is 18.6 Å². The van der Waals surface area contributed by atoms with Gasteiger partial charge in [-0.25, -0.2) is 4.79 Å². The van der Waals surface area contributed by atoms with Crippen LogP contribution in [0.1, 0.15) is 18.5 Å². The van der Waals surface area contributed by atoms with Gasteiger partial charge in [0.15, 0.2) is 0 Å². The van der Waals surface area contributed by atoms with E-state index in [2.05, 4.69) is 0 Å². The molecule has 1 aromatic rings. The van der Waals surface area contributed by atoms with Crippen LogP contribution < -0.4 is 0 Å². The molecule has 0 fully saturated rings. The smallest absolute Gasteiger partial charge is 0.407 e. The van der Waals surface area contributed by atoms with Gasteiger partial charge in [0, 0.05) is 12.1 Å². The minimum Gasteiger partial charge on any atom is -0.465 e. The zero-order chi connectivity index (χ0) is 12.3. The fraction of sp³-hybridized carbons (Fsp3) is 0.364. The van der Waals surface area contributed by atoms with E-state index in [4.69, 9.17) is 16.7 Å². The van der Waals surface area contributed by atoms with Crippen LogP contribution in [-0.2, 0) is 0 Å². The van der Waals surface area contributed by atoms with Crippen molar-refractivity contribution in [3.8, 4) is 0 Å². The predicted octanol–water partition coefficient (Wildman–Crippen LogP) is 2.37. The van der Waals surface area contributed by atoms with Crippen LogP contribution in [0.2, 0.25) is 5.02 Å². The standard InChI is InChI=1S/C11H14ClNO3/c1-7(14)10(13(2)11(15)16)8-5-3-4-6-9(8)12/h3-7,10,14H,1-2H3,(H,15,16). The Labute approximate surface area is 99.1 Å². The van der Waals surface area contributed by atoms with E-state index in [0.717, 1.165) is 4.90 Å². The maximum absolute atomic E-state index is 10.9. The van der Waals surface area contributed by atoms with Gasteiger partial charge in [0.1, 0.15) is 0 Å². The van der Waals surface area contributed by atoms with Crippen LogP contribution in [0, 0.1) is 0 Å². The molecule has 0 radical (unpaired) electrons. The summed E-state index contributed by atoms with van der Waals surface area (Å²) in [6.45, 7) is 1.54. The first-order chi connectivity index (χ1) is 7.45. The van der Waals surface area contributed by atoms with E-state index in [0.29, 0.717) is 10.6 Å². The molecule has 2 unspecified atom stereocenters. The van der Waals surface area contributed by atoms with Gasteiger partial charge in [0.25, 0.3) is 0 Å². The molecular formula is C11H14ClNO3. The van der Waals surface area contributed by atoms with Gasteiger partial charge in [-0.1, -0.05) is 29.8 Å². The largest absolute Gasteiger partial charge is 0.465 e. The first-order valence-corrected chi connectivity index (χ1v) is 5.21. The van der Waals surface area contributed by atoms with Crippen molar-refractivity contribution in [2.24, 2.45) is 0 Å². The monoisotopic (exact) mass is 243 g/mol. The Bertz CT molecular complexity index is 381. The highest BCUT2D eigenvalue weighted by atomic mass is 35.5. The molecule has 0 bridgehead atoms. The third-order valence-corrected chi connectivity index (χ3v) is 2.74. The number of aliphatic hydroxyl groups is 1. The summed E-state index contributed by atoms with van der Waals surface area (Å²) in [7, 11) is 1.41. The van der Waals surface area contributed by atoms with Crippen molar-refractivity contribution in [2.75, 3.05) is 7.05 Å². The third-order valence-electron chi connectivity index (χ3n) is 2.40. The maximum atomic E-state index is 10.9. The van der Waals surface area contributed by atoms with Gasteiger partial charge < -0.3 is 15.1 Å². The van der Waals surface area contributed by atoms with Crippen LogP contribution in [0.5, 0.6) is 0 Å². The highest BCUT2D eigenvalue weighted by molar-refractivity contribution is 6.31. The maximum Gasteiger partial charge on any atom is 0.407 e. The van der Waals surface area contributed by atoms with Gasteiger partial charge in [-0.2, -0.15) is 0 Å². The number of carboxylic acid groups (broad SMARTS) is 1. The molecule has 0 aromatic heterocycles. The van der Waals surface area contributed by atoms with E-state index in [1.165, 1.54) is 14.0 Å². The van der Waals surface area contributed by atoms with Crippen molar-refractivity contribution in [2.45, 2.75) is 19.1 Å². The second-order valence-corrected chi connectivity index (χ2v) is 4.01. The van der Waals surface area contributed by atoms with Crippen molar-refractivity contribution in [3.05, 3.63) is 34.9 Å². The molecule has 2 N–H and O–H groups in total. The van der Waals surface area contributed by atoms with Crippen LogP contribution in [0.3, 0.4) is 0 Å². The van der Waals surface area contributed by atoms with E-state index < -0.39 is 18.2 Å². The summed E-state index contributed by atoms with van der Waals surface area (Å²) >= 11 is 5.98. The molecular weight excluding hydrogens is 230 g/mol. The van der Waals surface area contributed by atoms with Crippen molar-refractivity contribution in [1.29, 1.82) is 0 Å². The van der Waals surface area contributed by atoms with Gasteiger partial charge in [0.05, 0.1) is 12.1 Å². The molecule has 1 aromatic carbocycles. The SMILES string of the molecule is CC(O)C(c1ccccc1Cl)N(C)C(=O)O. The molecule has 0 aliphatic heterocycles. The fourth-order valence-electron chi connectivity index (χ4n) is 1.63. The van der Waals surface area contributed by atoms with Gasteiger partial charge in [-0.15, -0.1) is 0 Å². The number of halogens is 1. The summed E-state index contributed by atoms with van der Waals surface area (Å²) < 4.78 is 0. The van der Waals surface area contributed by atoms with Crippen LogP contribution >= 0.6 is 11.6 Å². The zero-order valence-corrected chi connectivity index (χ0v) is 9.85. The number of hydrogen-bond acceptors (Lipinski definition) is 2. The Balaban J connectivity index is 3.13. The third kappa shape index (κ3) is 2.65. The molecule has 5 heteroatoms. The average molecular weight is 244 g/mol. The van der Waals surface area contributed by atoms with Crippen molar-refractivity contribution >= 4 is 17.7 Å². The summed E-state index contributed by atoms with van der Waals surface area (Å²) in [5.74, 6) is 0. The van der Waals surface area contributed by atoms with Crippen LogP contribution in [-0.4, -0.2) is 34.4 Å². The molecule has 16 heavy (non-hydrogen) atoms. The summed E-state index contributed by atoms with van der Waals surface area (Å²) in [5.41, 5.74) is 0.601. The van der Waals surface area contributed by atoms with E-state index >= 15 is 0 Å². The first-order valence-electron chi connectivity index (χ1n) is 4.83. The van der Waals surface area contributed by atoms with Gasteiger partial charge >= 0.3 is 6.09 Å². The molecule has 1 rings (SSSR count). The van der Waals surface area contributed by atoms with Gasteiger partial charge in [0.2, 0.25) is 0 Å². The quantitative estimate of drug-likeness (QED) is 0.857. The van der Waals surface area contributed by atoms with Crippen LogP contribution in [0.15, 0.2) is 24.3 Å². The normalized spacial score (nSPS) is 14.2. The summed E-state index contributed by atoms with van der Waals surface area (Å²) in [6, 6.07) is 6.23. The Morgan fingerprint density at radius 2 is 2.00 bits per heavy atom. The molecule has 2 atom stereocenters. The summed E-state index contributed by atoms with van der Waals surface area (Å²) in [6.07, 6.45) is -1.94. The lowest BCUT2D eigenvalue weighted by atomic mass is 10.0. The lowest BCUT2D eigenvalue weighted by Crippen LogP contribution is -2.36. The Morgan fingerprint density at radius 3 is 2.44 bits per heavy atom. The van der Waals surface area contributed by atoms with Crippen LogP contribution in [0.25, 0.3) is 0 Å². The molecule has 88 valence electrons. The average Bonchev–Trinajstić information content (AvgIpc) is 2.20. The molecule has 0 saturated carbocycles. The lowest BCUT2D eigenvalue weighted by Gasteiger charge is -2.29. The predicted molar refractivity (Wildman–Crippen MR) is 61.7 cm³/mol. The van der Waals surface area contributed by atoms with E-state index in [9.17, 15) is 9.90 Å². The van der Waals surface area contributed by atoms with Crippen molar-refractivity contribution in [3.63, 3.8) is 0 Å². The Morgan fingerprint density at radius 1 is 1.44 bits per heavy atom. The number of aliphatic hydroxyl groups excluding tert-OH is 1. The van der Waals surface area contributed by atoms with E-state index in [-0.39, 0.29) is 0 Å². The van der Waals surface area contributed by atoms with Crippen molar-refractivity contribution in [1.82, 2.24) is 4.90 Å². The number of amides is 1. The highest BCUT2D eigenvalue weighted by Crippen LogP contribution is 2.29. The second-order valence-electron chi connectivity index (χ2n) is 3.60. The van der Waals surface area contributed by atoms with Gasteiger partial charge in [-0.3, -0.25) is 0 Å². The molecule has 0 saturated heterocycles. The Hall–Kier alpha value is -1.26. The summed E-state index contributed by atoms with van der Waals surface area (Å²) in [5, 5.41) is 19.0. The number of nitrogens with zero attached hydrogens (tertiary/aromatic N) is 1. The molecule has 1 amide bonds. The summed E-state index contributed by atoms with van der Waals surface area (Å²) in [4.78, 5) is 11.9. The molecule has 0 spiro atoms. The number of likely N-dealkylation sites (N-methyl/N-ethyl adjacent to an activating group) is 1. The topological polar surface area (TPSA) is 60.8 Å². The number of benzene rings is 1. The first kappa shape index (κ1) is 12.8. The number of rotatable bonds is 3. The minimum atomic E-state index is -1.11. The Kier molecular flexibility index (Phi) is 4.15. The van der Waals surface area contributed by atoms with E-state index in [1.54, 1.807) is 24.3 Å².